The van der Waals surface area contributed by atoms with Crippen LogP contribution in [0.15, 0.2) is 23.4 Å². The lowest BCUT2D eigenvalue weighted by Gasteiger charge is -2.31. The van der Waals surface area contributed by atoms with Gasteiger partial charge >= 0.3 is 5.69 Å². The standard InChI is InChI=1S/C14H16N6O2/c15-10-14(4-2-1-3-5-14)17-12(21)9-20-13(22)19-7-6-16-8-11(19)18-20/h6-8H,1-5,9H2,(H,17,21). The number of carbonyl (C=O) groups is 1. The van der Waals surface area contributed by atoms with Crippen LogP contribution in [0.5, 0.6) is 0 Å². The molecular formula is C14H16N6O2. The van der Waals surface area contributed by atoms with Crippen LogP contribution in [0.2, 0.25) is 0 Å². The van der Waals surface area contributed by atoms with Gasteiger partial charge in [0.05, 0.1) is 12.3 Å². The first kappa shape index (κ1) is 14.3. The van der Waals surface area contributed by atoms with E-state index in [9.17, 15) is 14.9 Å². The number of nitriles is 1. The highest BCUT2D eigenvalue weighted by molar-refractivity contribution is 5.77. The van der Waals surface area contributed by atoms with Crippen LogP contribution in [-0.2, 0) is 11.3 Å². The molecule has 0 aromatic carbocycles. The molecule has 2 aromatic heterocycles. The third kappa shape index (κ3) is 2.57. The predicted octanol–water partition coefficient (Wildman–Crippen LogP) is 0.234. The Labute approximate surface area is 126 Å². The Morgan fingerprint density at radius 1 is 1.41 bits per heavy atom. The van der Waals surface area contributed by atoms with Gasteiger partial charge in [0, 0.05) is 12.4 Å². The minimum absolute atomic E-state index is 0.204. The molecule has 0 spiro atoms. The van der Waals surface area contributed by atoms with Gasteiger partial charge in [-0.15, -0.1) is 5.10 Å². The molecule has 1 saturated carbocycles. The third-order valence-corrected chi connectivity index (χ3v) is 3.98. The summed E-state index contributed by atoms with van der Waals surface area (Å²) < 4.78 is 2.40. The summed E-state index contributed by atoms with van der Waals surface area (Å²) in [6, 6.07) is 2.22. The van der Waals surface area contributed by atoms with Crippen molar-refractivity contribution in [3.63, 3.8) is 0 Å². The Morgan fingerprint density at radius 2 is 2.18 bits per heavy atom. The highest BCUT2D eigenvalue weighted by atomic mass is 16.2. The van der Waals surface area contributed by atoms with Gasteiger partial charge in [0.15, 0.2) is 5.65 Å². The number of rotatable bonds is 3. The zero-order valence-corrected chi connectivity index (χ0v) is 12.0. The molecule has 1 fully saturated rings. The number of carbonyl (C=O) groups excluding carboxylic acids is 1. The lowest BCUT2D eigenvalue weighted by Crippen LogP contribution is -2.50. The van der Waals surface area contributed by atoms with Crippen molar-refractivity contribution in [2.75, 3.05) is 0 Å². The summed E-state index contributed by atoms with van der Waals surface area (Å²) in [6.45, 7) is -0.204. The summed E-state index contributed by atoms with van der Waals surface area (Å²) in [4.78, 5) is 28.2. The highest BCUT2D eigenvalue weighted by Gasteiger charge is 2.33. The fourth-order valence-electron chi connectivity index (χ4n) is 2.85. The van der Waals surface area contributed by atoms with E-state index in [2.05, 4.69) is 21.5 Å². The summed E-state index contributed by atoms with van der Waals surface area (Å²) >= 11 is 0. The van der Waals surface area contributed by atoms with Crippen molar-refractivity contribution in [3.05, 3.63) is 29.1 Å². The fourth-order valence-corrected chi connectivity index (χ4v) is 2.85. The number of nitrogens with one attached hydrogen (secondary N) is 1. The molecule has 0 saturated heterocycles. The summed E-state index contributed by atoms with van der Waals surface area (Å²) in [6.07, 6.45) is 8.66. The van der Waals surface area contributed by atoms with Gasteiger partial charge in [-0.05, 0) is 12.8 Å². The Hall–Kier alpha value is -2.69. The van der Waals surface area contributed by atoms with E-state index in [1.807, 2.05) is 0 Å². The molecule has 114 valence electrons. The first-order valence-electron chi connectivity index (χ1n) is 7.25. The number of aromatic nitrogens is 4. The van der Waals surface area contributed by atoms with Crippen LogP contribution >= 0.6 is 0 Å². The fraction of sp³-hybridized carbons (Fsp3) is 0.500. The Balaban J connectivity index is 1.77. The van der Waals surface area contributed by atoms with Crippen LogP contribution < -0.4 is 11.0 Å². The van der Waals surface area contributed by atoms with Gasteiger partial charge in [-0.2, -0.15) is 5.26 Å². The summed E-state index contributed by atoms with van der Waals surface area (Å²) in [5, 5.41) is 16.2. The van der Waals surface area contributed by atoms with Gasteiger partial charge in [0.1, 0.15) is 12.1 Å². The molecule has 0 bridgehead atoms. The average molecular weight is 300 g/mol. The maximum Gasteiger partial charge on any atom is 0.350 e. The van der Waals surface area contributed by atoms with Crippen LogP contribution in [0.25, 0.3) is 5.65 Å². The van der Waals surface area contributed by atoms with Gasteiger partial charge in [0.2, 0.25) is 5.91 Å². The van der Waals surface area contributed by atoms with Crippen LogP contribution in [-0.4, -0.2) is 30.6 Å². The zero-order valence-electron chi connectivity index (χ0n) is 12.0. The molecule has 1 amide bonds. The van der Waals surface area contributed by atoms with Crippen LogP contribution in [0, 0.1) is 11.3 Å². The monoisotopic (exact) mass is 300 g/mol. The molecule has 0 unspecified atom stereocenters. The molecule has 0 radical (unpaired) electrons. The van der Waals surface area contributed by atoms with Crippen molar-refractivity contribution < 1.29 is 4.79 Å². The van der Waals surface area contributed by atoms with Gasteiger partial charge in [0.25, 0.3) is 0 Å². The summed E-state index contributed by atoms with van der Waals surface area (Å²) in [5.74, 6) is -0.373. The SMILES string of the molecule is N#CC1(NC(=O)Cn2nc3cnccn3c2=O)CCCCC1. The minimum Gasteiger partial charge on any atom is -0.336 e. The van der Waals surface area contributed by atoms with E-state index in [0.29, 0.717) is 18.5 Å². The average Bonchev–Trinajstić information content (AvgIpc) is 2.85. The van der Waals surface area contributed by atoms with Gasteiger partial charge < -0.3 is 5.32 Å². The third-order valence-electron chi connectivity index (χ3n) is 3.98. The largest absolute Gasteiger partial charge is 0.350 e. The second kappa shape index (κ2) is 5.60. The predicted molar refractivity (Wildman–Crippen MR) is 76.8 cm³/mol. The molecule has 2 aromatic rings. The number of amides is 1. The van der Waals surface area contributed by atoms with E-state index in [1.165, 1.54) is 23.0 Å². The Kier molecular flexibility index (Phi) is 3.63. The maximum absolute atomic E-state index is 12.2. The molecule has 1 aliphatic carbocycles. The Morgan fingerprint density at radius 3 is 2.86 bits per heavy atom. The molecule has 8 heteroatoms. The maximum atomic E-state index is 12.2. The lowest BCUT2D eigenvalue weighted by atomic mass is 9.83. The zero-order chi connectivity index (χ0) is 15.6. The molecule has 8 nitrogen and oxygen atoms in total. The van der Waals surface area contributed by atoms with Gasteiger partial charge in [-0.1, -0.05) is 19.3 Å². The van der Waals surface area contributed by atoms with Gasteiger partial charge in [-0.3, -0.25) is 9.78 Å². The lowest BCUT2D eigenvalue weighted by molar-refractivity contribution is -0.123. The molecule has 1 aliphatic rings. The van der Waals surface area contributed by atoms with Crippen LogP contribution in [0.1, 0.15) is 32.1 Å². The molecule has 3 rings (SSSR count). The van der Waals surface area contributed by atoms with Crippen LogP contribution in [0.3, 0.4) is 0 Å². The summed E-state index contributed by atoms with van der Waals surface area (Å²) in [5.41, 5.74) is -0.824. The number of hydrogen-bond acceptors (Lipinski definition) is 5. The van der Waals surface area contributed by atoms with Crippen molar-refractivity contribution in [2.24, 2.45) is 0 Å². The van der Waals surface area contributed by atoms with E-state index >= 15 is 0 Å². The second-order valence-electron chi connectivity index (χ2n) is 5.55. The topological polar surface area (TPSA) is 105 Å². The van der Waals surface area contributed by atoms with Crippen molar-refractivity contribution >= 4 is 11.6 Å². The van der Waals surface area contributed by atoms with Crippen molar-refractivity contribution in [1.29, 1.82) is 5.26 Å². The molecule has 2 heterocycles. The number of fused-ring (bicyclic) bond motifs is 1. The van der Waals surface area contributed by atoms with E-state index in [1.54, 1.807) is 0 Å². The smallest absolute Gasteiger partial charge is 0.336 e. The second-order valence-corrected chi connectivity index (χ2v) is 5.55. The molecule has 0 aliphatic heterocycles. The van der Waals surface area contributed by atoms with Crippen molar-refractivity contribution in [2.45, 2.75) is 44.2 Å². The number of nitrogens with zero attached hydrogens (tertiary/aromatic N) is 5. The first-order valence-corrected chi connectivity index (χ1v) is 7.25. The van der Waals surface area contributed by atoms with E-state index < -0.39 is 11.2 Å². The molecule has 0 atom stereocenters. The highest BCUT2D eigenvalue weighted by Crippen LogP contribution is 2.27. The van der Waals surface area contributed by atoms with Crippen molar-refractivity contribution in [1.82, 2.24) is 24.5 Å². The molecular weight excluding hydrogens is 284 g/mol. The summed E-state index contributed by atoms with van der Waals surface area (Å²) in [7, 11) is 0. The van der Waals surface area contributed by atoms with E-state index in [-0.39, 0.29) is 12.5 Å². The van der Waals surface area contributed by atoms with Gasteiger partial charge in [-0.25, -0.2) is 13.9 Å². The number of hydrogen-bond donors (Lipinski definition) is 1. The van der Waals surface area contributed by atoms with E-state index in [0.717, 1.165) is 23.9 Å². The normalized spacial score (nSPS) is 17.0. The van der Waals surface area contributed by atoms with E-state index in [4.69, 9.17) is 0 Å². The first-order chi connectivity index (χ1) is 10.6. The molecule has 22 heavy (non-hydrogen) atoms. The quantitative estimate of drug-likeness (QED) is 0.873. The van der Waals surface area contributed by atoms with Crippen LogP contribution in [0.4, 0.5) is 0 Å². The Bertz CT molecular complexity index is 794. The van der Waals surface area contributed by atoms with Crippen molar-refractivity contribution in [3.8, 4) is 6.07 Å². The molecule has 1 N–H and O–H groups in total. The minimum atomic E-state index is -0.806.